The largest absolute Gasteiger partial charge is 0.469 e. The summed E-state index contributed by atoms with van der Waals surface area (Å²) in [5.41, 5.74) is 0. The Morgan fingerprint density at radius 3 is 2.71 bits per heavy atom. The molecule has 0 spiro atoms. The standard InChI is InChI=1S/C10H21NO3/c1-4-8(2)11-7-9(12)5-6-10(13)14-3/h8-9,11-12H,4-7H2,1-3H3. The van der Waals surface area contributed by atoms with Crippen LogP contribution >= 0.6 is 0 Å². The minimum Gasteiger partial charge on any atom is -0.469 e. The molecule has 0 rings (SSSR count). The summed E-state index contributed by atoms with van der Waals surface area (Å²) in [6.45, 7) is 4.68. The first-order valence-corrected chi connectivity index (χ1v) is 5.08. The van der Waals surface area contributed by atoms with E-state index >= 15 is 0 Å². The summed E-state index contributed by atoms with van der Waals surface area (Å²) in [6, 6.07) is 0.405. The Morgan fingerprint density at radius 1 is 1.57 bits per heavy atom. The number of ether oxygens (including phenoxy) is 1. The van der Waals surface area contributed by atoms with Gasteiger partial charge < -0.3 is 15.2 Å². The van der Waals surface area contributed by atoms with Crippen molar-refractivity contribution in [3.8, 4) is 0 Å². The highest BCUT2D eigenvalue weighted by atomic mass is 16.5. The van der Waals surface area contributed by atoms with Crippen LogP contribution in [0.4, 0.5) is 0 Å². The van der Waals surface area contributed by atoms with E-state index < -0.39 is 6.10 Å². The van der Waals surface area contributed by atoms with Crippen LogP contribution in [0.15, 0.2) is 0 Å². The van der Waals surface area contributed by atoms with Gasteiger partial charge in [0.1, 0.15) is 0 Å². The highest BCUT2D eigenvalue weighted by Crippen LogP contribution is 1.98. The highest BCUT2D eigenvalue weighted by Gasteiger charge is 2.08. The lowest BCUT2D eigenvalue weighted by atomic mass is 10.2. The van der Waals surface area contributed by atoms with Crippen LogP contribution in [0.3, 0.4) is 0 Å². The van der Waals surface area contributed by atoms with E-state index in [1.54, 1.807) is 0 Å². The van der Waals surface area contributed by atoms with Gasteiger partial charge in [0.2, 0.25) is 0 Å². The lowest BCUT2D eigenvalue weighted by Gasteiger charge is -2.15. The summed E-state index contributed by atoms with van der Waals surface area (Å²) < 4.78 is 4.48. The van der Waals surface area contributed by atoms with E-state index in [1.807, 2.05) is 0 Å². The number of aliphatic hydroxyl groups excluding tert-OH is 1. The first-order valence-electron chi connectivity index (χ1n) is 5.08. The molecule has 2 N–H and O–H groups in total. The molecule has 14 heavy (non-hydrogen) atoms. The van der Waals surface area contributed by atoms with Gasteiger partial charge in [-0.3, -0.25) is 4.79 Å². The number of esters is 1. The summed E-state index contributed by atoms with van der Waals surface area (Å²) in [5.74, 6) is -0.271. The minimum absolute atomic E-state index is 0.271. The molecule has 0 aliphatic heterocycles. The van der Waals surface area contributed by atoms with E-state index in [4.69, 9.17) is 0 Å². The van der Waals surface area contributed by atoms with Crippen LogP contribution in [0.2, 0.25) is 0 Å². The van der Waals surface area contributed by atoms with E-state index in [0.29, 0.717) is 19.0 Å². The van der Waals surface area contributed by atoms with Gasteiger partial charge in [0.05, 0.1) is 13.2 Å². The van der Waals surface area contributed by atoms with Gasteiger partial charge in [-0.2, -0.15) is 0 Å². The number of carbonyl (C=O) groups excluding carboxylic acids is 1. The third-order valence-corrected chi connectivity index (χ3v) is 2.22. The molecule has 0 aromatic rings. The second kappa shape index (κ2) is 7.76. The van der Waals surface area contributed by atoms with Crippen LogP contribution in [-0.4, -0.2) is 36.9 Å². The number of aliphatic hydroxyl groups is 1. The molecular weight excluding hydrogens is 182 g/mol. The second-order valence-electron chi connectivity index (χ2n) is 3.49. The Balaban J connectivity index is 3.45. The van der Waals surface area contributed by atoms with E-state index in [2.05, 4.69) is 23.9 Å². The number of rotatable bonds is 7. The zero-order valence-corrected chi connectivity index (χ0v) is 9.25. The minimum atomic E-state index is -0.469. The van der Waals surface area contributed by atoms with Crippen molar-refractivity contribution < 1.29 is 14.6 Å². The molecule has 0 aromatic heterocycles. The maximum absolute atomic E-state index is 10.8. The van der Waals surface area contributed by atoms with Crippen molar-refractivity contribution in [2.75, 3.05) is 13.7 Å². The molecule has 0 radical (unpaired) electrons. The molecule has 84 valence electrons. The van der Waals surface area contributed by atoms with Gasteiger partial charge >= 0.3 is 5.97 Å². The number of hydrogen-bond donors (Lipinski definition) is 2. The lowest BCUT2D eigenvalue weighted by Crippen LogP contribution is -2.33. The third kappa shape index (κ3) is 6.86. The zero-order chi connectivity index (χ0) is 11.0. The quantitative estimate of drug-likeness (QED) is 0.598. The predicted octanol–water partition coefficient (Wildman–Crippen LogP) is 0.689. The predicted molar refractivity (Wildman–Crippen MR) is 55.0 cm³/mol. The van der Waals surface area contributed by atoms with Crippen LogP contribution < -0.4 is 5.32 Å². The molecule has 0 saturated carbocycles. The molecule has 0 saturated heterocycles. The number of hydrogen-bond acceptors (Lipinski definition) is 4. The van der Waals surface area contributed by atoms with E-state index in [0.717, 1.165) is 6.42 Å². The molecule has 4 heteroatoms. The molecule has 2 unspecified atom stereocenters. The average molecular weight is 203 g/mol. The van der Waals surface area contributed by atoms with Gasteiger partial charge in [-0.05, 0) is 19.8 Å². The van der Waals surface area contributed by atoms with Crippen molar-refractivity contribution in [2.45, 2.75) is 45.3 Å². The van der Waals surface area contributed by atoms with Crippen molar-refractivity contribution in [1.29, 1.82) is 0 Å². The second-order valence-corrected chi connectivity index (χ2v) is 3.49. The topological polar surface area (TPSA) is 58.6 Å². The fourth-order valence-corrected chi connectivity index (χ4v) is 0.970. The van der Waals surface area contributed by atoms with Crippen LogP contribution in [-0.2, 0) is 9.53 Å². The maximum Gasteiger partial charge on any atom is 0.305 e. The summed E-state index contributed by atoms with van der Waals surface area (Å²) in [4.78, 5) is 10.8. The molecule has 0 heterocycles. The van der Waals surface area contributed by atoms with Crippen LogP contribution in [0.25, 0.3) is 0 Å². The monoisotopic (exact) mass is 203 g/mol. The summed E-state index contributed by atoms with van der Waals surface area (Å²) in [5, 5.41) is 12.6. The molecule has 0 amide bonds. The Hall–Kier alpha value is -0.610. The number of carbonyl (C=O) groups is 1. The van der Waals surface area contributed by atoms with E-state index in [1.165, 1.54) is 7.11 Å². The third-order valence-electron chi connectivity index (χ3n) is 2.22. The lowest BCUT2D eigenvalue weighted by molar-refractivity contribution is -0.141. The molecule has 4 nitrogen and oxygen atoms in total. The van der Waals surface area contributed by atoms with Crippen molar-refractivity contribution >= 4 is 5.97 Å². The van der Waals surface area contributed by atoms with E-state index in [9.17, 15) is 9.90 Å². The molecule has 0 bridgehead atoms. The highest BCUT2D eigenvalue weighted by molar-refractivity contribution is 5.69. The van der Waals surface area contributed by atoms with Crippen LogP contribution in [0.1, 0.15) is 33.1 Å². The summed E-state index contributed by atoms with van der Waals surface area (Å²) >= 11 is 0. The summed E-state index contributed by atoms with van der Waals surface area (Å²) in [7, 11) is 1.35. The molecular formula is C10H21NO3. The maximum atomic E-state index is 10.8. The van der Waals surface area contributed by atoms with Gasteiger partial charge in [-0.1, -0.05) is 6.92 Å². The summed E-state index contributed by atoms with van der Waals surface area (Å²) in [6.07, 6.45) is 1.29. The molecule has 0 aromatic carbocycles. The average Bonchev–Trinajstić information content (AvgIpc) is 2.22. The fraction of sp³-hybridized carbons (Fsp3) is 0.900. The Labute approximate surface area is 85.6 Å². The SMILES string of the molecule is CCC(C)NCC(O)CCC(=O)OC. The zero-order valence-electron chi connectivity index (χ0n) is 9.25. The molecule has 2 atom stereocenters. The molecule has 0 fully saturated rings. The van der Waals surface area contributed by atoms with Gasteiger partial charge in [0.25, 0.3) is 0 Å². The molecule has 0 aliphatic carbocycles. The Kier molecular flexibility index (Phi) is 7.42. The molecule has 0 aliphatic rings. The first-order chi connectivity index (χ1) is 6.60. The first kappa shape index (κ1) is 13.4. The fourth-order valence-electron chi connectivity index (χ4n) is 0.970. The Bertz CT molecular complexity index is 161. The van der Waals surface area contributed by atoms with Gasteiger partial charge in [0.15, 0.2) is 0 Å². The van der Waals surface area contributed by atoms with Crippen LogP contribution in [0, 0.1) is 0 Å². The number of nitrogens with one attached hydrogen (secondary N) is 1. The smallest absolute Gasteiger partial charge is 0.305 e. The van der Waals surface area contributed by atoms with Gasteiger partial charge in [-0.15, -0.1) is 0 Å². The number of methoxy groups -OCH3 is 1. The van der Waals surface area contributed by atoms with Crippen molar-refractivity contribution in [3.63, 3.8) is 0 Å². The van der Waals surface area contributed by atoms with Crippen molar-refractivity contribution in [2.24, 2.45) is 0 Å². The van der Waals surface area contributed by atoms with Gasteiger partial charge in [0, 0.05) is 19.0 Å². The van der Waals surface area contributed by atoms with Crippen molar-refractivity contribution in [3.05, 3.63) is 0 Å². The normalized spacial score (nSPS) is 14.9. The Morgan fingerprint density at radius 2 is 2.21 bits per heavy atom. The van der Waals surface area contributed by atoms with Gasteiger partial charge in [-0.25, -0.2) is 0 Å². The van der Waals surface area contributed by atoms with Crippen LogP contribution in [0.5, 0.6) is 0 Å². The van der Waals surface area contributed by atoms with Crippen molar-refractivity contribution in [1.82, 2.24) is 5.32 Å². The van der Waals surface area contributed by atoms with E-state index in [-0.39, 0.29) is 12.4 Å².